The summed E-state index contributed by atoms with van der Waals surface area (Å²) in [6.07, 6.45) is 2.14. The van der Waals surface area contributed by atoms with Crippen molar-refractivity contribution < 1.29 is 14.8 Å². The smallest absolute Gasteiger partial charge is 0.271 e. The molecule has 1 aromatic carbocycles. The number of carbonyl (C=O) groups is 1. The second-order valence-electron chi connectivity index (χ2n) is 4.09. The lowest BCUT2D eigenvalue weighted by Gasteiger charge is -2.07. The van der Waals surface area contributed by atoms with Gasteiger partial charge in [0.05, 0.1) is 20.5 Å². The quantitative estimate of drug-likeness (QED) is 0.459. The van der Waals surface area contributed by atoms with Crippen LogP contribution in [0.4, 0.5) is 5.69 Å². The fourth-order valence-corrected chi connectivity index (χ4v) is 1.96. The Bertz CT molecular complexity index is 508. The Morgan fingerprint density at radius 2 is 2.00 bits per heavy atom. The maximum atomic E-state index is 11.9. The van der Waals surface area contributed by atoms with E-state index in [1.807, 2.05) is 0 Å². The number of halogens is 2. The number of nitro benzene ring substituents is 1. The van der Waals surface area contributed by atoms with E-state index in [0.717, 1.165) is 18.6 Å². The van der Waals surface area contributed by atoms with Crippen molar-refractivity contribution in [2.75, 3.05) is 13.2 Å². The van der Waals surface area contributed by atoms with Gasteiger partial charge in [-0.15, -0.1) is 0 Å². The molecule has 0 bridgehead atoms. The highest BCUT2D eigenvalue weighted by Crippen LogP contribution is 2.30. The predicted molar refractivity (Wildman–Crippen MR) is 76.4 cm³/mol. The van der Waals surface area contributed by atoms with Crippen molar-refractivity contribution in [1.29, 1.82) is 0 Å². The molecule has 0 aliphatic heterocycles. The van der Waals surface area contributed by atoms with Crippen LogP contribution >= 0.6 is 23.2 Å². The van der Waals surface area contributed by atoms with Crippen molar-refractivity contribution in [2.45, 2.75) is 19.3 Å². The molecular formula is C12H14Cl2N2O4. The lowest BCUT2D eigenvalue weighted by molar-refractivity contribution is -0.384. The van der Waals surface area contributed by atoms with E-state index >= 15 is 0 Å². The molecule has 8 heteroatoms. The van der Waals surface area contributed by atoms with Crippen LogP contribution < -0.4 is 5.32 Å². The summed E-state index contributed by atoms with van der Waals surface area (Å²) in [6, 6.07) is 2.19. The van der Waals surface area contributed by atoms with Gasteiger partial charge in [0.1, 0.15) is 0 Å². The highest BCUT2D eigenvalue weighted by Gasteiger charge is 2.19. The Morgan fingerprint density at radius 1 is 1.30 bits per heavy atom. The molecule has 0 atom stereocenters. The largest absolute Gasteiger partial charge is 0.396 e. The summed E-state index contributed by atoms with van der Waals surface area (Å²) in [6.45, 7) is 0.510. The summed E-state index contributed by atoms with van der Waals surface area (Å²) in [7, 11) is 0. The number of nitrogens with one attached hydrogen (secondary N) is 1. The predicted octanol–water partition coefficient (Wildman–Crippen LogP) is 2.79. The molecule has 0 saturated carbocycles. The Morgan fingerprint density at radius 3 is 2.60 bits per heavy atom. The molecule has 0 fully saturated rings. The van der Waals surface area contributed by atoms with Crippen LogP contribution in [0.3, 0.4) is 0 Å². The van der Waals surface area contributed by atoms with Crippen LogP contribution in [-0.4, -0.2) is 29.1 Å². The molecule has 0 aliphatic rings. The molecule has 0 heterocycles. The monoisotopic (exact) mass is 320 g/mol. The zero-order chi connectivity index (χ0) is 15.1. The molecule has 0 spiro atoms. The number of non-ortho nitro benzene ring substituents is 1. The number of benzene rings is 1. The van der Waals surface area contributed by atoms with Crippen LogP contribution in [0.2, 0.25) is 10.0 Å². The number of nitrogens with zero attached hydrogens (tertiary/aromatic N) is 1. The van der Waals surface area contributed by atoms with Gasteiger partial charge in [-0.1, -0.05) is 23.2 Å². The van der Waals surface area contributed by atoms with Crippen LogP contribution in [0, 0.1) is 10.1 Å². The van der Waals surface area contributed by atoms with Gasteiger partial charge in [-0.2, -0.15) is 0 Å². The Kier molecular flexibility index (Phi) is 6.70. The summed E-state index contributed by atoms with van der Waals surface area (Å²) in [5.74, 6) is -0.510. The number of aliphatic hydroxyl groups is 1. The fourth-order valence-electron chi connectivity index (χ4n) is 1.56. The maximum Gasteiger partial charge on any atom is 0.271 e. The lowest BCUT2D eigenvalue weighted by Crippen LogP contribution is -2.25. The molecule has 6 nitrogen and oxygen atoms in total. The maximum absolute atomic E-state index is 11.9. The highest BCUT2D eigenvalue weighted by atomic mass is 35.5. The molecule has 20 heavy (non-hydrogen) atoms. The molecule has 0 unspecified atom stereocenters. The van der Waals surface area contributed by atoms with Crippen molar-refractivity contribution in [2.24, 2.45) is 0 Å². The van der Waals surface area contributed by atoms with Crippen molar-refractivity contribution in [1.82, 2.24) is 5.32 Å². The van der Waals surface area contributed by atoms with Crippen LogP contribution in [0.5, 0.6) is 0 Å². The molecule has 0 radical (unpaired) electrons. The normalized spacial score (nSPS) is 10.3. The van der Waals surface area contributed by atoms with E-state index in [4.69, 9.17) is 28.3 Å². The average Bonchev–Trinajstić information content (AvgIpc) is 2.41. The van der Waals surface area contributed by atoms with Crippen molar-refractivity contribution in [3.8, 4) is 0 Å². The number of amides is 1. The molecule has 0 aromatic heterocycles. The van der Waals surface area contributed by atoms with Gasteiger partial charge in [-0.05, 0) is 19.3 Å². The average molecular weight is 321 g/mol. The van der Waals surface area contributed by atoms with Crippen LogP contribution in [0.15, 0.2) is 12.1 Å². The van der Waals surface area contributed by atoms with Crippen LogP contribution in [-0.2, 0) is 0 Å². The van der Waals surface area contributed by atoms with Gasteiger partial charge in [0.15, 0.2) is 0 Å². The van der Waals surface area contributed by atoms with E-state index in [0.29, 0.717) is 19.4 Å². The Hall–Kier alpha value is -1.37. The van der Waals surface area contributed by atoms with Gasteiger partial charge in [0, 0.05) is 25.3 Å². The third kappa shape index (κ3) is 4.63. The molecular weight excluding hydrogens is 307 g/mol. The summed E-state index contributed by atoms with van der Waals surface area (Å²) in [5.41, 5.74) is -0.308. The van der Waals surface area contributed by atoms with E-state index in [-0.39, 0.29) is 27.9 Å². The summed E-state index contributed by atoms with van der Waals surface area (Å²) in [5, 5.41) is 21.9. The van der Waals surface area contributed by atoms with Crippen LogP contribution in [0.1, 0.15) is 29.6 Å². The van der Waals surface area contributed by atoms with E-state index < -0.39 is 10.8 Å². The molecule has 0 saturated heterocycles. The lowest BCUT2D eigenvalue weighted by atomic mass is 10.1. The van der Waals surface area contributed by atoms with Crippen LogP contribution in [0.25, 0.3) is 0 Å². The number of hydrogen-bond donors (Lipinski definition) is 2. The van der Waals surface area contributed by atoms with Crippen molar-refractivity contribution >= 4 is 34.8 Å². The summed E-state index contributed by atoms with van der Waals surface area (Å²) in [4.78, 5) is 22.0. The van der Waals surface area contributed by atoms with Gasteiger partial charge in [-0.3, -0.25) is 14.9 Å². The molecule has 0 aliphatic carbocycles. The Labute approximate surface area is 125 Å². The summed E-state index contributed by atoms with van der Waals surface area (Å²) < 4.78 is 0. The Balaban J connectivity index is 2.74. The first-order valence-electron chi connectivity index (χ1n) is 6.00. The molecule has 1 rings (SSSR count). The summed E-state index contributed by atoms with van der Waals surface area (Å²) >= 11 is 11.6. The zero-order valence-electron chi connectivity index (χ0n) is 10.6. The number of unbranched alkanes of at least 4 members (excludes halogenated alkanes) is 2. The fraction of sp³-hybridized carbons (Fsp3) is 0.417. The second-order valence-corrected chi connectivity index (χ2v) is 4.87. The second kappa shape index (κ2) is 8.04. The van der Waals surface area contributed by atoms with E-state index in [2.05, 4.69) is 5.32 Å². The number of carbonyl (C=O) groups excluding carboxylic acids is 1. The standard InChI is InChI=1S/C12H14Cl2N2O4/c13-10-7-8(16(19)20)6-9(11(10)14)12(18)15-4-2-1-3-5-17/h6-7,17H,1-5H2,(H,15,18). The first-order valence-corrected chi connectivity index (χ1v) is 6.75. The minimum Gasteiger partial charge on any atom is -0.396 e. The number of hydrogen-bond acceptors (Lipinski definition) is 4. The first-order chi connectivity index (χ1) is 9.47. The van der Waals surface area contributed by atoms with Gasteiger partial charge in [0.25, 0.3) is 11.6 Å². The van der Waals surface area contributed by atoms with Gasteiger partial charge >= 0.3 is 0 Å². The van der Waals surface area contributed by atoms with Crippen molar-refractivity contribution in [3.63, 3.8) is 0 Å². The topological polar surface area (TPSA) is 92.5 Å². The third-order valence-electron chi connectivity index (χ3n) is 2.59. The van der Waals surface area contributed by atoms with E-state index in [1.165, 1.54) is 0 Å². The number of aliphatic hydroxyl groups excluding tert-OH is 1. The van der Waals surface area contributed by atoms with Crippen molar-refractivity contribution in [3.05, 3.63) is 37.9 Å². The molecule has 2 N–H and O–H groups in total. The molecule has 1 aromatic rings. The molecule has 110 valence electrons. The number of nitro groups is 1. The first kappa shape index (κ1) is 16.7. The minimum absolute atomic E-state index is 0.00914. The molecule has 1 amide bonds. The van der Waals surface area contributed by atoms with E-state index in [1.54, 1.807) is 0 Å². The third-order valence-corrected chi connectivity index (χ3v) is 3.39. The number of rotatable bonds is 7. The van der Waals surface area contributed by atoms with E-state index in [9.17, 15) is 14.9 Å². The van der Waals surface area contributed by atoms with Gasteiger partial charge in [-0.25, -0.2) is 0 Å². The van der Waals surface area contributed by atoms with Gasteiger partial charge < -0.3 is 10.4 Å². The minimum atomic E-state index is -0.639. The highest BCUT2D eigenvalue weighted by molar-refractivity contribution is 6.44. The zero-order valence-corrected chi connectivity index (χ0v) is 12.1. The van der Waals surface area contributed by atoms with Gasteiger partial charge in [0.2, 0.25) is 0 Å². The SMILES string of the molecule is O=C(NCCCCCO)c1cc([N+](=O)[O-])cc(Cl)c1Cl.